The number of nitrogens with one attached hydrogen (secondary N) is 1. The van der Waals surface area contributed by atoms with Crippen molar-refractivity contribution in [3.8, 4) is 5.88 Å². The van der Waals surface area contributed by atoms with E-state index >= 15 is 0 Å². The minimum Gasteiger partial charge on any atom is -0.468 e. The molecule has 20 heavy (non-hydrogen) atoms. The molecule has 1 saturated carbocycles. The maximum absolute atomic E-state index is 12.0. The minimum absolute atomic E-state index is 0.0341. The summed E-state index contributed by atoms with van der Waals surface area (Å²) in [4.78, 5) is 3.85. The van der Waals surface area contributed by atoms with E-state index in [9.17, 15) is 13.2 Å². The first-order chi connectivity index (χ1) is 9.42. The molecule has 0 amide bonds. The van der Waals surface area contributed by atoms with E-state index in [0.29, 0.717) is 6.04 Å². The second kappa shape index (κ2) is 6.30. The Morgan fingerprint density at radius 2 is 2.15 bits per heavy atom. The van der Waals surface area contributed by atoms with Crippen molar-refractivity contribution >= 4 is 5.69 Å². The highest BCUT2D eigenvalue weighted by molar-refractivity contribution is 5.43. The van der Waals surface area contributed by atoms with Crippen LogP contribution in [0.25, 0.3) is 0 Å². The standard InChI is InChI=1S/C13H18F3N3O/c14-13(15,16)8-20-12-5-4-11(7-18-12)19-10-3-1-2-9(17)6-10/h4-5,7,9-10,19H,1-3,6,8,17H2. The van der Waals surface area contributed by atoms with Crippen LogP contribution in [0.4, 0.5) is 18.9 Å². The van der Waals surface area contributed by atoms with Crippen LogP contribution in [0.5, 0.6) is 5.88 Å². The summed E-state index contributed by atoms with van der Waals surface area (Å²) in [7, 11) is 0. The maximum Gasteiger partial charge on any atom is 0.422 e. The molecular formula is C13H18F3N3O. The maximum atomic E-state index is 12.0. The van der Waals surface area contributed by atoms with Crippen molar-refractivity contribution < 1.29 is 17.9 Å². The number of anilines is 1. The molecule has 1 aliphatic rings. The van der Waals surface area contributed by atoms with Gasteiger partial charge in [0, 0.05) is 18.2 Å². The zero-order chi connectivity index (χ0) is 14.6. The smallest absolute Gasteiger partial charge is 0.422 e. The highest BCUT2D eigenvalue weighted by atomic mass is 19.4. The molecular weight excluding hydrogens is 271 g/mol. The molecule has 0 bridgehead atoms. The Morgan fingerprint density at radius 3 is 2.75 bits per heavy atom. The molecule has 0 aromatic carbocycles. The summed E-state index contributed by atoms with van der Waals surface area (Å²) >= 11 is 0. The van der Waals surface area contributed by atoms with E-state index in [1.165, 1.54) is 12.3 Å². The number of nitrogens with two attached hydrogens (primary N) is 1. The van der Waals surface area contributed by atoms with E-state index in [4.69, 9.17) is 5.73 Å². The molecule has 2 unspecified atom stereocenters. The fourth-order valence-electron chi connectivity index (χ4n) is 2.30. The van der Waals surface area contributed by atoms with Crippen LogP contribution < -0.4 is 15.8 Å². The average molecular weight is 289 g/mol. The van der Waals surface area contributed by atoms with Crippen LogP contribution in [0.15, 0.2) is 18.3 Å². The van der Waals surface area contributed by atoms with Crippen molar-refractivity contribution in [2.45, 2.75) is 43.9 Å². The van der Waals surface area contributed by atoms with E-state index in [0.717, 1.165) is 31.4 Å². The second-order valence-corrected chi connectivity index (χ2v) is 5.06. The predicted octanol–water partition coefficient (Wildman–Crippen LogP) is 2.70. The Bertz CT molecular complexity index is 422. The summed E-state index contributed by atoms with van der Waals surface area (Å²) in [5.74, 6) is -0.0341. The van der Waals surface area contributed by atoms with Gasteiger partial charge in [-0.3, -0.25) is 0 Å². The van der Waals surface area contributed by atoms with Gasteiger partial charge in [0.1, 0.15) is 0 Å². The summed E-state index contributed by atoms with van der Waals surface area (Å²) in [6, 6.07) is 3.60. The number of alkyl halides is 3. The van der Waals surface area contributed by atoms with Gasteiger partial charge in [0.2, 0.25) is 5.88 Å². The molecule has 1 aromatic rings. The van der Waals surface area contributed by atoms with Gasteiger partial charge < -0.3 is 15.8 Å². The molecule has 1 heterocycles. The number of aromatic nitrogens is 1. The lowest BCUT2D eigenvalue weighted by molar-refractivity contribution is -0.154. The molecule has 2 atom stereocenters. The van der Waals surface area contributed by atoms with Gasteiger partial charge in [-0.05, 0) is 31.7 Å². The molecule has 112 valence electrons. The van der Waals surface area contributed by atoms with Gasteiger partial charge in [0.05, 0.1) is 11.9 Å². The minimum atomic E-state index is -4.35. The number of nitrogens with zero attached hydrogens (tertiary/aromatic N) is 1. The van der Waals surface area contributed by atoms with Gasteiger partial charge in [0.15, 0.2) is 6.61 Å². The van der Waals surface area contributed by atoms with Crippen molar-refractivity contribution in [2.75, 3.05) is 11.9 Å². The number of pyridine rings is 1. The third-order valence-electron chi connectivity index (χ3n) is 3.21. The number of hydrogen-bond donors (Lipinski definition) is 2. The summed E-state index contributed by atoms with van der Waals surface area (Å²) in [5, 5.41) is 3.29. The van der Waals surface area contributed by atoms with E-state index in [1.54, 1.807) is 6.07 Å². The third kappa shape index (κ3) is 4.88. The molecule has 0 aliphatic heterocycles. The quantitative estimate of drug-likeness (QED) is 0.894. The predicted molar refractivity (Wildman–Crippen MR) is 69.6 cm³/mol. The van der Waals surface area contributed by atoms with Crippen LogP contribution >= 0.6 is 0 Å². The van der Waals surface area contributed by atoms with Crippen LogP contribution in [0.1, 0.15) is 25.7 Å². The number of hydrogen-bond acceptors (Lipinski definition) is 4. The molecule has 0 radical (unpaired) electrons. The van der Waals surface area contributed by atoms with Gasteiger partial charge >= 0.3 is 6.18 Å². The first kappa shape index (κ1) is 14.9. The van der Waals surface area contributed by atoms with Crippen LogP contribution in [0, 0.1) is 0 Å². The molecule has 4 nitrogen and oxygen atoms in total. The van der Waals surface area contributed by atoms with Crippen molar-refractivity contribution in [1.82, 2.24) is 4.98 Å². The molecule has 1 fully saturated rings. The highest BCUT2D eigenvalue weighted by Gasteiger charge is 2.28. The Labute approximate surface area is 115 Å². The second-order valence-electron chi connectivity index (χ2n) is 5.06. The van der Waals surface area contributed by atoms with Gasteiger partial charge in [-0.2, -0.15) is 13.2 Å². The van der Waals surface area contributed by atoms with Crippen LogP contribution in [0.2, 0.25) is 0 Å². The number of halogens is 3. The zero-order valence-corrected chi connectivity index (χ0v) is 11.0. The monoisotopic (exact) mass is 289 g/mol. The Morgan fingerprint density at radius 1 is 1.35 bits per heavy atom. The Hall–Kier alpha value is -1.50. The van der Waals surface area contributed by atoms with Crippen LogP contribution in [-0.2, 0) is 0 Å². The van der Waals surface area contributed by atoms with Gasteiger partial charge in [0.25, 0.3) is 0 Å². The van der Waals surface area contributed by atoms with Gasteiger partial charge in [-0.15, -0.1) is 0 Å². The van der Waals surface area contributed by atoms with E-state index in [1.807, 2.05) is 0 Å². The van der Waals surface area contributed by atoms with Crippen LogP contribution in [0.3, 0.4) is 0 Å². The molecule has 0 spiro atoms. The molecule has 1 aromatic heterocycles. The van der Waals surface area contributed by atoms with Crippen LogP contribution in [-0.4, -0.2) is 29.9 Å². The topological polar surface area (TPSA) is 60.2 Å². The first-order valence-electron chi connectivity index (χ1n) is 6.60. The number of ether oxygens (including phenoxy) is 1. The summed E-state index contributed by atoms with van der Waals surface area (Å²) < 4.78 is 40.5. The largest absolute Gasteiger partial charge is 0.468 e. The highest BCUT2D eigenvalue weighted by Crippen LogP contribution is 2.22. The lowest BCUT2D eigenvalue weighted by Crippen LogP contribution is -2.34. The van der Waals surface area contributed by atoms with Crippen molar-refractivity contribution in [2.24, 2.45) is 5.73 Å². The lowest BCUT2D eigenvalue weighted by atomic mass is 9.91. The van der Waals surface area contributed by atoms with Crippen molar-refractivity contribution in [3.63, 3.8) is 0 Å². The molecule has 0 saturated heterocycles. The first-order valence-corrected chi connectivity index (χ1v) is 6.60. The lowest BCUT2D eigenvalue weighted by Gasteiger charge is -2.28. The molecule has 1 aliphatic carbocycles. The van der Waals surface area contributed by atoms with E-state index in [2.05, 4.69) is 15.0 Å². The SMILES string of the molecule is NC1CCCC(Nc2ccc(OCC(F)(F)F)nc2)C1. The normalized spacial score (nSPS) is 23.4. The Kier molecular flexibility index (Phi) is 4.69. The fraction of sp³-hybridized carbons (Fsp3) is 0.615. The van der Waals surface area contributed by atoms with E-state index < -0.39 is 12.8 Å². The third-order valence-corrected chi connectivity index (χ3v) is 3.21. The average Bonchev–Trinajstić information content (AvgIpc) is 2.37. The van der Waals surface area contributed by atoms with Crippen molar-refractivity contribution in [1.29, 1.82) is 0 Å². The summed E-state index contributed by atoms with van der Waals surface area (Å²) in [6.07, 6.45) is 1.19. The molecule has 7 heteroatoms. The zero-order valence-electron chi connectivity index (χ0n) is 11.0. The Balaban J connectivity index is 1.85. The molecule has 2 rings (SSSR count). The van der Waals surface area contributed by atoms with E-state index in [-0.39, 0.29) is 11.9 Å². The summed E-state index contributed by atoms with van der Waals surface area (Å²) in [5.41, 5.74) is 6.67. The summed E-state index contributed by atoms with van der Waals surface area (Å²) in [6.45, 7) is -1.33. The van der Waals surface area contributed by atoms with Gasteiger partial charge in [-0.1, -0.05) is 0 Å². The fourth-order valence-corrected chi connectivity index (χ4v) is 2.30. The molecule has 3 N–H and O–H groups in total. The number of rotatable bonds is 4. The van der Waals surface area contributed by atoms with Gasteiger partial charge in [-0.25, -0.2) is 4.98 Å². The van der Waals surface area contributed by atoms with Crippen molar-refractivity contribution in [3.05, 3.63) is 18.3 Å².